The molecule has 0 fully saturated rings. The van der Waals surface area contributed by atoms with Crippen LogP contribution in [0.2, 0.25) is 0 Å². The Kier molecular flexibility index (Phi) is 4.80. The zero-order chi connectivity index (χ0) is 18.6. The number of hydrogen-bond acceptors (Lipinski definition) is 5. The summed E-state index contributed by atoms with van der Waals surface area (Å²) in [5, 5.41) is 11.8. The van der Waals surface area contributed by atoms with Crippen molar-refractivity contribution in [2.45, 2.75) is 13.8 Å². The fraction of sp³-hybridized carbons (Fsp3) is 0.0952. The third-order valence-corrected chi connectivity index (χ3v) is 5.04. The number of nitrogens with zero attached hydrogens (tertiary/aromatic N) is 4. The topological polar surface area (TPSA) is 55.1 Å². The van der Waals surface area contributed by atoms with Crippen LogP contribution in [-0.2, 0) is 0 Å². The molecular formula is C21H19N5S. The Bertz CT molecular complexity index is 1060. The average Bonchev–Trinajstić information content (AvgIpc) is 3.34. The number of thiazole rings is 1. The van der Waals surface area contributed by atoms with Crippen LogP contribution in [0, 0.1) is 6.92 Å². The van der Waals surface area contributed by atoms with Gasteiger partial charge in [-0.15, -0.1) is 11.3 Å². The first-order chi connectivity index (χ1) is 13.2. The van der Waals surface area contributed by atoms with Crippen LogP contribution in [0.3, 0.4) is 0 Å². The largest absolute Gasteiger partial charge is 0.252 e. The molecule has 0 atom stereocenters. The molecule has 5 nitrogen and oxygen atoms in total. The molecule has 2 aromatic carbocycles. The molecule has 0 aliphatic rings. The van der Waals surface area contributed by atoms with E-state index in [4.69, 9.17) is 0 Å². The van der Waals surface area contributed by atoms with Crippen LogP contribution in [-0.4, -0.2) is 20.5 Å². The van der Waals surface area contributed by atoms with Crippen LogP contribution < -0.4 is 5.43 Å². The fourth-order valence-corrected chi connectivity index (χ4v) is 3.51. The first-order valence-corrected chi connectivity index (χ1v) is 9.52. The summed E-state index contributed by atoms with van der Waals surface area (Å²) in [5.74, 6) is 0. The van der Waals surface area contributed by atoms with Gasteiger partial charge in [-0.05, 0) is 26.0 Å². The highest BCUT2D eigenvalue weighted by atomic mass is 32.1. The van der Waals surface area contributed by atoms with Crippen molar-refractivity contribution in [2.75, 3.05) is 5.43 Å². The maximum Gasteiger partial charge on any atom is 0.203 e. The summed E-state index contributed by atoms with van der Waals surface area (Å²) >= 11 is 1.54. The second-order valence-corrected chi connectivity index (χ2v) is 6.96. The Morgan fingerprint density at radius 2 is 1.74 bits per heavy atom. The molecule has 0 aliphatic heterocycles. The highest BCUT2D eigenvalue weighted by Gasteiger charge is 2.11. The molecule has 0 aliphatic carbocycles. The lowest BCUT2D eigenvalue weighted by Crippen LogP contribution is -2.03. The van der Waals surface area contributed by atoms with Crippen molar-refractivity contribution in [3.05, 3.63) is 83.5 Å². The SMILES string of the molecule is C/C(=N\Nc1nc(-c2ccccc2)cs1)c1cnn(-c2ccccc2)c1C. The number of hydrogen-bond donors (Lipinski definition) is 1. The van der Waals surface area contributed by atoms with Gasteiger partial charge < -0.3 is 0 Å². The van der Waals surface area contributed by atoms with Gasteiger partial charge in [0.25, 0.3) is 0 Å². The van der Waals surface area contributed by atoms with Crippen molar-refractivity contribution in [2.24, 2.45) is 5.10 Å². The molecule has 2 heterocycles. The monoisotopic (exact) mass is 373 g/mol. The molecule has 0 amide bonds. The van der Waals surface area contributed by atoms with Gasteiger partial charge in [-0.25, -0.2) is 9.67 Å². The number of aromatic nitrogens is 3. The lowest BCUT2D eigenvalue weighted by atomic mass is 10.2. The Labute approximate surface area is 162 Å². The van der Waals surface area contributed by atoms with Gasteiger partial charge in [-0.1, -0.05) is 48.5 Å². The van der Waals surface area contributed by atoms with E-state index in [0.29, 0.717) is 0 Å². The summed E-state index contributed by atoms with van der Waals surface area (Å²) in [4.78, 5) is 4.60. The van der Waals surface area contributed by atoms with E-state index in [1.54, 1.807) is 0 Å². The summed E-state index contributed by atoms with van der Waals surface area (Å²) in [7, 11) is 0. The van der Waals surface area contributed by atoms with Crippen molar-refractivity contribution in [3.63, 3.8) is 0 Å². The molecule has 27 heavy (non-hydrogen) atoms. The quantitative estimate of drug-likeness (QED) is 0.389. The second-order valence-electron chi connectivity index (χ2n) is 6.10. The minimum absolute atomic E-state index is 0.765. The molecule has 0 saturated heterocycles. The zero-order valence-corrected chi connectivity index (χ0v) is 15.9. The molecule has 134 valence electrons. The molecule has 0 bridgehead atoms. The Morgan fingerprint density at radius 3 is 2.48 bits per heavy atom. The summed E-state index contributed by atoms with van der Waals surface area (Å²) < 4.78 is 1.92. The molecule has 2 aromatic heterocycles. The van der Waals surface area contributed by atoms with E-state index in [0.717, 1.165) is 39.0 Å². The molecule has 6 heteroatoms. The van der Waals surface area contributed by atoms with Crippen LogP contribution in [0.4, 0.5) is 5.13 Å². The number of nitrogens with one attached hydrogen (secondary N) is 1. The van der Waals surface area contributed by atoms with Crippen molar-refractivity contribution >= 4 is 22.2 Å². The predicted octanol–water partition coefficient (Wildman–Crippen LogP) is 5.14. The predicted molar refractivity (Wildman–Crippen MR) is 112 cm³/mol. The molecule has 0 radical (unpaired) electrons. The van der Waals surface area contributed by atoms with E-state index in [1.807, 2.05) is 78.6 Å². The lowest BCUT2D eigenvalue weighted by Gasteiger charge is -2.05. The van der Waals surface area contributed by atoms with Gasteiger partial charge in [-0.3, -0.25) is 5.43 Å². The van der Waals surface area contributed by atoms with E-state index in [-0.39, 0.29) is 0 Å². The van der Waals surface area contributed by atoms with Crippen LogP contribution in [0.1, 0.15) is 18.2 Å². The zero-order valence-electron chi connectivity index (χ0n) is 15.1. The van der Waals surface area contributed by atoms with Crippen LogP contribution in [0.15, 0.2) is 77.3 Å². The highest BCUT2D eigenvalue weighted by molar-refractivity contribution is 7.14. The summed E-state index contributed by atoms with van der Waals surface area (Å²) in [6.07, 6.45) is 1.85. The third-order valence-electron chi connectivity index (χ3n) is 4.29. The minimum Gasteiger partial charge on any atom is -0.252 e. The minimum atomic E-state index is 0.765. The van der Waals surface area contributed by atoms with E-state index in [9.17, 15) is 0 Å². The van der Waals surface area contributed by atoms with Crippen LogP contribution >= 0.6 is 11.3 Å². The summed E-state index contributed by atoms with van der Waals surface area (Å²) in [5.41, 5.74) is 9.07. The smallest absolute Gasteiger partial charge is 0.203 e. The first-order valence-electron chi connectivity index (χ1n) is 8.64. The highest BCUT2D eigenvalue weighted by Crippen LogP contribution is 2.24. The number of para-hydroxylation sites is 1. The van der Waals surface area contributed by atoms with Crippen molar-refractivity contribution in [3.8, 4) is 16.9 Å². The Balaban J connectivity index is 1.52. The van der Waals surface area contributed by atoms with E-state index in [1.165, 1.54) is 11.3 Å². The molecule has 0 unspecified atom stereocenters. The summed E-state index contributed by atoms with van der Waals surface area (Å²) in [6.45, 7) is 4.02. The second kappa shape index (κ2) is 7.55. The van der Waals surface area contributed by atoms with Crippen molar-refractivity contribution < 1.29 is 0 Å². The number of rotatable bonds is 5. The van der Waals surface area contributed by atoms with Crippen LogP contribution in [0.25, 0.3) is 16.9 Å². The number of hydrazone groups is 1. The van der Waals surface area contributed by atoms with Gasteiger partial charge in [0.1, 0.15) is 0 Å². The van der Waals surface area contributed by atoms with Crippen molar-refractivity contribution in [1.82, 2.24) is 14.8 Å². The van der Waals surface area contributed by atoms with E-state index in [2.05, 4.69) is 32.7 Å². The number of anilines is 1. The summed E-state index contributed by atoms with van der Waals surface area (Å²) in [6, 6.07) is 20.2. The van der Waals surface area contributed by atoms with E-state index >= 15 is 0 Å². The standard InChI is InChI=1S/C21H19N5S/c1-15(19-13-22-26(16(19)2)18-11-7-4-8-12-18)24-25-21-23-20(14-27-21)17-9-5-3-6-10-17/h3-14H,1-2H3,(H,23,25)/b24-15+. The maximum absolute atomic E-state index is 4.60. The van der Waals surface area contributed by atoms with E-state index < -0.39 is 0 Å². The van der Waals surface area contributed by atoms with Crippen molar-refractivity contribution in [1.29, 1.82) is 0 Å². The van der Waals surface area contributed by atoms with Gasteiger partial charge in [0.15, 0.2) is 0 Å². The molecule has 4 aromatic rings. The van der Waals surface area contributed by atoms with Gasteiger partial charge in [0.05, 0.1) is 29.0 Å². The van der Waals surface area contributed by atoms with Gasteiger partial charge in [-0.2, -0.15) is 10.2 Å². The molecule has 4 rings (SSSR count). The lowest BCUT2D eigenvalue weighted by molar-refractivity contribution is 0.847. The first kappa shape index (κ1) is 17.2. The number of benzene rings is 2. The maximum atomic E-state index is 4.60. The Hall–Kier alpha value is -3.25. The fourth-order valence-electron chi connectivity index (χ4n) is 2.85. The molecule has 0 saturated carbocycles. The molecular weight excluding hydrogens is 354 g/mol. The third kappa shape index (κ3) is 3.66. The average molecular weight is 373 g/mol. The molecule has 0 spiro atoms. The van der Waals surface area contributed by atoms with Crippen LogP contribution in [0.5, 0.6) is 0 Å². The molecule has 1 N–H and O–H groups in total. The Morgan fingerprint density at radius 1 is 1.04 bits per heavy atom. The normalized spacial score (nSPS) is 11.6. The van der Waals surface area contributed by atoms with Gasteiger partial charge in [0, 0.05) is 16.5 Å². The van der Waals surface area contributed by atoms with Gasteiger partial charge in [0.2, 0.25) is 5.13 Å². The van der Waals surface area contributed by atoms with Gasteiger partial charge >= 0.3 is 0 Å².